The first-order valence-corrected chi connectivity index (χ1v) is 9.82. The normalized spacial score (nSPS) is 15.5. The number of benzene rings is 3. The molecular weight excluding hydrogens is 332 g/mol. The molecule has 0 N–H and O–H groups in total. The molecule has 1 heterocycles. The van der Waals surface area contributed by atoms with E-state index in [2.05, 4.69) is 105 Å². The van der Waals surface area contributed by atoms with Gasteiger partial charge >= 0.3 is 0 Å². The number of hydrogen-bond donors (Lipinski definition) is 0. The van der Waals surface area contributed by atoms with Crippen molar-refractivity contribution >= 4 is 21.6 Å². The molecule has 128 valence electrons. The lowest BCUT2D eigenvalue weighted by Crippen LogP contribution is -2.09. The van der Waals surface area contributed by atoms with Crippen LogP contribution >= 0.6 is 11.8 Å². The van der Waals surface area contributed by atoms with Crippen LogP contribution in [-0.4, -0.2) is 0 Å². The van der Waals surface area contributed by atoms with Gasteiger partial charge in [-0.2, -0.15) is 0 Å². The van der Waals surface area contributed by atoms with Gasteiger partial charge in [0.1, 0.15) is 0 Å². The topological polar surface area (TPSA) is 0 Å². The summed E-state index contributed by atoms with van der Waals surface area (Å²) < 4.78 is 0. The molecule has 0 saturated carbocycles. The first-order valence-electron chi connectivity index (χ1n) is 9.01. The van der Waals surface area contributed by atoms with Crippen LogP contribution in [0.15, 0.2) is 102 Å². The molecule has 0 radical (unpaired) electrons. The minimum absolute atomic E-state index is 0.322. The van der Waals surface area contributed by atoms with Gasteiger partial charge in [0.15, 0.2) is 0 Å². The van der Waals surface area contributed by atoms with Crippen molar-refractivity contribution in [3.8, 4) is 0 Å². The molecule has 1 aliphatic heterocycles. The fourth-order valence-corrected chi connectivity index (χ4v) is 5.02. The van der Waals surface area contributed by atoms with E-state index >= 15 is 0 Å². The Balaban J connectivity index is 1.90. The lowest BCUT2D eigenvalue weighted by molar-refractivity contribution is 0.928. The van der Waals surface area contributed by atoms with Gasteiger partial charge < -0.3 is 0 Å². The van der Waals surface area contributed by atoms with Crippen molar-refractivity contribution in [2.45, 2.75) is 19.8 Å². The van der Waals surface area contributed by atoms with Crippen molar-refractivity contribution in [2.24, 2.45) is 0 Å². The van der Waals surface area contributed by atoms with Gasteiger partial charge in [0, 0.05) is 15.7 Å². The molecule has 26 heavy (non-hydrogen) atoms. The summed E-state index contributed by atoms with van der Waals surface area (Å²) in [6.07, 6.45) is 0. The monoisotopic (exact) mass is 354 g/mol. The minimum atomic E-state index is 0.322. The fraction of sp³-hybridized carbons (Fsp3) is 0.120. The average molecular weight is 355 g/mol. The van der Waals surface area contributed by atoms with Crippen LogP contribution in [0.4, 0.5) is 0 Å². The van der Waals surface area contributed by atoms with E-state index in [1.165, 1.54) is 37.6 Å². The Hall–Kier alpha value is -2.51. The van der Waals surface area contributed by atoms with Crippen LogP contribution in [-0.2, 0) is 0 Å². The standard InChI is InChI=1S/C25H22S/c1-18-23(20-12-6-3-7-13-20)19(2)25(22-16-10-5-11-17-22)26-24(18)21-14-8-4-9-15-21/h3-17,23H,1-2H3. The summed E-state index contributed by atoms with van der Waals surface area (Å²) in [6, 6.07) is 32.4. The summed E-state index contributed by atoms with van der Waals surface area (Å²) in [4.78, 5) is 2.76. The van der Waals surface area contributed by atoms with Crippen molar-refractivity contribution in [3.05, 3.63) is 119 Å². The van der Waals surface area contributed by atoms with Gasteiger partial charge in [0.2, 0.25) is 0 Å². The Labute approximate surface area is 160 Å². The van der Waals surface area contributed by atoms with Gasteiger partial charge in [-0.25, -0.2) is 0 Å². The van der Waals surface area contributed by atoms with E-state index in [0.29, 0.717) is 5.92 Å². The van der Waals surface area contributed by atoms with Crippen molar-refractivity contribution < 1.29 is 0 Å². The zero-order chi connectivity index (χ0) is 17.9. The maximum Gasteiger partial charge on any atom is 0.0281 e. The molecule has 0 unspecified atom stereocenters. The molecule has 0 aliphatic carbocycles. The van der Waals surface area contributed by atoms with Gasteiger partial charge in [-0.1, -0.05) is 103 Å². The number of thioether (sulfide) groups is 1. The van der Waals surface area contributed by atoms with E-state index in [4.69, 9.17) is 0 Å². The van der Waals surface area contributed by atoms with E-state index in [1.54, 1.807) is 0 Å². The van der Waals surface area contributed by atoms with Crippen LogP contribution in [0.3, 0.4) is 0 Å². The molecule has 0 atom stereocenters. The molecular formula is C25H22S. The molecule has 0 aromatic heterocycles. The van der Waals surface area contributed by atoms with E-state index in [1.807, 2.05) is 11.8 Å². The van der Waals surface area contributed by atoms with Gasteiger partial charge in [0.05, 0.1) is 0 Å². The summed E-state index contributed by atoms with van der Waals surface area (Å²) in [6.45, 7) is 4.58. The first kappa shape index (κ1) is 16.9. The van der Waals surface area contributed by atoms with Crippen LogP contribution in [0.2, 0.25) is 0 Å². The first-order chi connectivity index (χ1) is 12.8. The molecule has 0 bridgehead atoms. The smallest absolute Gasteiger partial charge is 0.0281 e. The van der Waals surface area contributed by atoms with E-state index in [0.717, 1.165) is 0 Å². The van der Waals surface area contributed by atoms with E-state index in [-0.39, 0.29) is 0 Å². The summed E-state index contributed by atoms with van der Waals surface area (Å²) in [5.41, 5.74) is 6.84. The molecule has 0 nitrogen and oxygen atoms in total. The zero-order valence-electron chi connectivity index (χ0n) is 15.1. The molecule has 0 saturated heterocycles. The number of hydrogen-bond acceptors (Lipinski definition) is 1. The number of rotatable bonds is 3. The second kappa shape index (κ2) is 7.39. The van der Waals surface area contributed by atoms with Gasteiger partial charge in [-0.05, 0) is 41.7 Å². The highest BCUT2D eigenvalue weighted by atomic mass is 32.2. The molecule has 3 aromatic rings. The molecule has 0 spiro atoms. The van der Waals surface area contributed by atoms with Gasteiger partial charge in [-0.3, -0.25) is 0 Å². The predicted molar refractivity (Wildman–Crippen MR) is 115 cm³/mol. The fourth-order valence-electron chi connectivity index (χ4n) is 3.75. The predicted octanol–water partition coefficient (Wildman–Crippen LogP) is 7.38. The zero-order valence-corrected chi connectivity index (χ0v) is 16.0. The van der Waals surface area contributed by atoms with Crippen LogP contribution in [0, 0.1) is 0 Å². The highest BCUT2D eigenvalue weighted by molar-refractivity contribution is 8.16. The number of allylic oxidation sites excluding steroid dienone is 2. The van der Waals surface area contributed by atoms with Crippen molar-refractivity contribution in [1.29, 1.82) is 0 Å². The summed E-state index contributed by atoms with van der Waals surface area (Å²) in [5, 5.41) is 0. The third-order valence-corrected chi connectivity index (χ3v) is 6.51. The molecule has 1 heteroatoms. The lowest BCUT2D eigenvalue weighted by atomic mass is 9.83. The van der Waals surface area contributed by atoms with Crippen molar-refractivity contribution in [1.82, 2.24) is 0 Å². The van der Waals surface area contributed by atoms with Crippen molar-refractivity contribution in [2.75, 3.05) is 0 Å². The van der Waals surface area contributed by atoms with Crippen LogP contribution in [0.5, 0.6) is 0 Å². The quantitative estimate of drug-likeness (QED) is 0.473. The van der Waals surface area contributed by atoms with E-state index < -0.39 is 0 Å². The maximum absolute atomic E-state index is 2.29. The third kappa shape index (κ3) is 3.15. The molecule has 0 fully saturated rings. The molecule has 4 rings (SSSR count). The second-order valence-corrected chi connectivity index (χ2v) is 7.72. The third-order valence-electron chi connectivity index (χ3n) is 4.99. The molecule has 1 aliphatic rings. The minimum Gasteiger partial charge on any atom is -0.0889 e. The van der Waals surface area contributed by atoms with Gasteiger partial charge in [0.25, 0.3) is 0 Å². The van der Waals surface area contributed by atoms with Crippen LogP contribution in [0.1, 0.15) is 36.5 Å². The average Bonchev–Trinajstić information content (AvgIpc) is 2.70. The summed E-state index contributed by atoms with van der Waals surface area (Å²) in [7, 11) is 0. The Morgan fingerprint density at radius 1 is 0.538 bits per heavy atom. The van der Waals surface area contributed by atoms with Crippen LogP contribution < -0.4 is 0 Å². The Morgan fingerprint density at radius 3 is 1.35 bits per heavy atom. The Morgan fingerprint density at radius 2 is 0.923 bits per heavy atom. The highest BCUT2D eigenvalue weighted by Crippen LogP contribution is 2.53. The lowest BCUT2D eigenvalue weighted by Gasteiger charge is -2.31. The van der Waals surface area contributed by atoms with Crippen molar-refractivity contribution in [3.63, 3.8) is 0 Å². The maximum atomic E-state index is 2.29. The van der Waals surface area contributed by atoms with Gasteiger partial charge in [-0.15, -0.1) is 0 Å². The second-order valence-electron chi connectivity index (χ2n) is 6.70. The summed E-state index contributed by atoms with van der Waals surface area (Å²) >= 11 is 1.91. The highest BCUT2D eigenvalue weighted by Gasteiger charge is 2.28. The molecule has 0 amide bonds. The Kier molecular flexibility index (Phi) is 4.81. The summed E-state index contributed by atoms with van der Waals surface area (Å²) in [5.74, 6) is 0.322. The SMILES string of the molecule is CC1=C(c2ccccc2)SC(c2ccccc2)=C(C)C1c1ccccc1. The molecule has 3 aromatic carbocycles. The largest absolute Gasteiger partial charge is 0.0889 e. The van der Waals surface area contributed by atoms with Crippen LogP contribution in [0.25, 0.3) is 9.81 Å². The Bertz CT molecular complexity index is 889. The van der Waals surface area contributed by atoms with E-state index in [9.17, 15) is 0 Å².